The Morgan fingerprint density at radius 3 is 2.20 bits per heavy atom. The van der Waals surface area contributed by atoms with E-state index < -0.39 is 5.01 Å². The molecule has 0 aromatic heterocycles. The van der Waals surface area contributed by atoms with Gasteiger partial charge in [-0.2, -0.15) is 0 Å². The van der Waals surface area contributed by atoms with Crippen molar-refractivity contribution >= 4 is 47.8 Å². The van der Waals surface area contributed by atoms with Crippen LogP contribution in [-0.4, -0.2) is 20.3 Å². The lowest BCUT2D eigenvalue weighted by Crippen LogP contribution is -2.12. The summed E-state index contributed by atoms with van der Waals surface area (Å²) in [5.74, 6) is 0. The summed E-state index contributed by atoms with van der Waals surface area (Å²) in [4.78, 5) is 0.187. The Kier molecular flexibility index (Phi) is 8.06. The highest BCUT2D eigenvalue weighted by atomic mass is 79.9. The Balaban J connectivity index is 3.13. The van der Waals surface area contributed by atoms with E-state index in [1.54, 1.807) is 0 Å². The lowest BCUT2D eigenvalue weighted by molar-refractivity contribution is 0.263. The van der Waals surface area contributed by atoms with Crippen molar-refractivity contribution in [3.05, 3.63) is 0 Å². The van der Waals surface area contributed by atoms with Crippen LogP contribution >= 0.6 is 47.8 Å². The van der Waals surface area contributed by atoms with Gasteiger partial charge in [-0.1, -0.05) is 54.2 Å². The van der Waals surface area contributed by atoms with Crippen molar-refractivity contribution in [2.45, 2.75) is 29.1 Å². The second-order valence-electron chi connectivity index (χ2n) is 2.07. The fourth-order valence-electron chi connectivity index (χ4n) is 0.571. The number of alkyl halides is 3. The maximum Gasteiger partial charge on any atom is 0.121 e. The highest BCUT2D eigenvalue weighted by Gasteiger charge is 2.10. The molecule has 0 aliphatic rings. The van der Waals surface area contributed by atoms with Crippen LogP contribution in [0.1, 0.15) is 19.3 Å². The smallest absolute Gasteiger partial charge is 0.121 e. The van der Waals surface area contributed by atoms with Gasteiger partial charge in [0.15, 0.2) is 0 Å². The molecule has 1 N–H and O–H groups in total. The number of hydrogen-bond donors (Lipinski definition) is 1. The summed E-state index contributed by atoms with van der Waals surface area (Å²) in [5, 5.41) is 9.61. The minimum absolute atomic E-state index is 0.187. The van der Waals surface area contributed by atoms with Gasteiger partial charge >= 0.3 is 0 Å². The summed E-state index contributed by atoms with van der Waals surface area (Å²) in [7, 11) is 0. The number of halogens is 3. The third kappa shape index (κ3) is 6.13. The Bertz CT molecular complexity index is 77.4. The molecule has 0 saturated carbocycles. The SMILES string of the molecule is OC(Br)C(Br)CCCCBr. The summed E-state index contributed by atoms with van der Waals surface area (Å²) in [5.41, 5.74) is 0. The van der Waals surface area contributed by atoms with E-state index in [1.807, 2.05) is 0 Å². The first-order valence-electron chi connectivity index (χ1n) is 3.20. The van der Waals surface area contributed by atoms with Crippen molar-refractivity contribution in [3.8, 4) is 0 Å². The van der Waals surface area contributed by atoms with Crippen molar-refractivity contribution in [3.63, 3.8) is 0 Å². The molecule has 0 aliphatic carbocycles. The standard InChI is InChI=1S/C6H11Br3O/c7-4-2-1-3-5(8)6(9)10/h5-6,10H,1-4H2. The quantitative estimate of drug-likeness (QED) is 0.603. The average Bonchev–Trinajstić information content (AvgIpc) is 1.88. The van der Waals surface area contributed by atoms with Gasteiger partial charge in [-0.25, -0.2) is 0 Å². The van der Waals surface area contributed by atoms with E-state index in [9.17, 15) is 0 Å². The zero-order valence-electron chi connectivity index (χ0n) is 5.56. The Morgan fingerprint density at radius 2 is 1.80 bits per heavy atom. The molecular weight excluding hydrogens is 328 g/mol. The predicted octanol–water partition coefficient (Wildman–Crippen LogP) is 3.03. The lowest BCUT2D eigenvalue weighted by atomic mass is 10.2. The molecule has 0 bridgehead atoms. The topological polar surface area (TPSA) is 20.2 Å². The summed E-state index contributed by atoms with van der Waals surface area (Å²) in [6.45, 7) is 0. The molecule has 0 radical (unpaired) electrons. The maximum atomic E-state index is 8.98. The van der Waals surface area contributed by atoms with E-state index in [0.717, 1.165) is 18.2 Å². The number of hydrogen-bond acceptors (Lipinski definition) is 1. The van der Waals surface area contributed by atoms with Crippen molar-refractivity contribution in [2.75, 3.05) is 5.33 Å². The van der Waals surface area contributed by atoms with Gasteiger partial charge in [0.25, 0.3) is 0 Å². The largest absolute Gasteiger partial charge is 0.381 e. The summed E-state index contributed by atoms with van der Waals surface area (Å²) < 4.78 is 0. The number of aliphatic hydroxyl groups excluding tert-OH is 1. The first-order valence-corrected chi connectivity index (χ1v) is 6.16. The monoisotopic (exact) mass is 336 g/mol. The molecule has 0 amide bonds. The fraction of sp³-hybridized carbons (Fsp3) is 1.00. The molecule has 1 nitrogen and oxygen atoms in total. The Labute approximate surface area is 87.0 Å². The van der Waals surface area contributed by atoms with Crippen molar-refractivity contribution in [2.24, 2.45) is 0 Å². The molecule has 0 fully saturated rings. The molecule has 0 heterocycles. The second-order valence-corrected chi connectivity index (χ2v) is 4.98. The number of aliphatic hydroxyl groups is 1. The van der Waals surface area contributed by atoms with Crippen LogP contribution in [-0.2, 0) is 0 Å². The minimum atomic E-state index is -0.414. The molecule has 0 aromatic carbocycles. The van der Waals surface area contributed by atoms with Crippen LogP contribution in [0.4, 0.5) is 0 Å². The molecule has 4 heteroatoms. The van der Waals surface area contributed by atoms with Crippen molar-refractivity contribution in [1.29, 1.82) is 0 Å². The van der Waals surface area contributed by atoms with Gasteiger partial charge in [-0.05, 0) is 12.8 Å². The third-order valence-electron chi connectivity index (χ3n) is 1.16. The molecule has 2 atom stereocenters. The van der Waals surface area contributed by atoms with Crippen LogP contribution in [0, 0.1) is 0 Å². The van der Waals surface area contributed by atoms with E-state index in [1.165, 1.54) is 6.42 Å². The normalized spacial score (nSPS) is 16.8. The van der Waals surface area contributed by atoms with Crippen LogP contribution < -0.4 is 0 Å². The van der Waals surface area contributed by atoms with Crippen LogP contribution in [0.25, 0.3) is 0 Å². The van der Waals surface area contributed by atoms with Gasteiger partial charge in [-0.3, -0.25) is 0 Å². The molecule has 0 aliphatic heterocycles. The summed E-state index contributed by atoms with van der Waals surface area (Å²) >= 11 is 9.80. The van der Waals surface area contributed by atoms with Crippen LogP contribution in [0.5, 0.6) is 0 Å². The molecule has 10 heavy (non-hydrogen) atoms. The second kappa shape index (κ2) is 7.07. The molecule has 0 aromatic rings. The number of rotatable bonds is 5. The fourth-order valence-corrected chi connectivity index (χ4v) is 1.56. The number of unbranched alkanes of at least 4 members (excludes halogenated alkanes) is 1. The van der Waals surface area contributed by atoms with E-state index in [4.69, 9.17) is 5.11 Å². The highest BCUT2D eigenvalue weighted by molar-refractivity contribution is 9.12. The van der Waals surface area contributed by atoms with E-state index >= 15 is 0 Å². The molecular formula is C6H11Br3O. The Hall–Kier alpha value is 1.40. The first-order chi connectivity index (χ1) is 4.68. The third-order valence-corrected chi connectivity index (χ3v) is 4.03. The Morgan fingerprint density at radius 1 is 1.20 bits per heavy atom. The summed E-state index contributed by atoms with van der Waals surface area (Å²) in [6, 6.07) is 0. The maximum absolute atomic E-state index is 8.98. The summed E-state index contributed by atoms with van der Waals surface area (Å²) in [6.07, 6.45) is 3.32. The zero-order chi connectivity index (χ0) is 7.98. The average molecular weight is 339 g/mol. The predicted molar refractivity (Wildman–Crippen MR) is 55.3 cm³/mol. The van der Waals surface area contributed by atoms with Gasteiger partial charge in [-0.15, -0.1) is 0 Å². The van der Waals surface area contributed by atoms with Gasteiger partial charge in [0.2, 0.25) is 0 Å². The van der Waals surface area contributed by atoms with Gasteiger partial charge in [0.05, 0.1) is 4.83 Å². The van der Waals surface area contributed by atoms with E-state index in [2.05, 4.69) is 47.8 Å². The van der Waals surface area contributed by atoms with E-state index in [0.29, 0.717) is 0 Å². The molecule has 2 unspecified atom stereocenters. The van der Waals surface area contributed by atoms with Crippen molar-refractivity contribution < 1.29 is 5.11 Å². The molecule has 0 spiro atoms. The van der Waals surface area contributed by atoms with Gasteiger partial charge in [0, 0.05) is 5.33 Å². The van der Waals surface area contributed by atoms with E-state index in [-0.39, 0.29) is 4.83 Å². The van der Waals surface area contributed by atoms with Crippen LogP contribution in [0.15, 0.2) is 0 Å². The highest BCUT2D eigenvalue weighted by Crippen LogP contribution is 2.17. The van der Waals surface area contributed by atoms with Gasteiger partial charge in [0.1, 0.15) is 5.01 Å². The minimum Gasteiger partial charge on any atom is -0.381 e. The lowest BCUT2D eigenvalue weighted by Gasteiger charge is -2.09. The molecule has 0 rings (SSSR count). The van der Waals surface area contributed by atoms with Crippen molar-refractivity contribution in [1.82, 2.24) is 0 Å². The van der Waals surface area contributed by atoms with Gasteiger partial charge < -0.3 is 5.11 Å². The zero-order valence-corrected chi connectivity index (χ0v) is 10.3. The van der Waals surface area contributed by atoms with Crippen LogP contribution in [0.3, 0.4) is 0 Å². The first kappa shape index (κ1) is 11.4. The van der Waals surface area contributed by atoms with Crippen LogP contribution in [0.2, 0.25) is 0 Å². The molecule has 62 valence electrons. The molecule has 0 saturated heterocycles.